The lowest BCUT2D eigenvalue weighted by atomic mass is 10.2. The van der Waals surface area contributed by atoms with Crippen LogP contribution in [0.3, 0.4) is 0 Å². The number of carbonyl (C=O) groups excluding carboxylic acids is 2. The van der Waals surface area contributed by atoms with E-state index in [1.807, 2.05) is 7.05 Å². The van der Waals surface area contributed by atoms with Crippen LogP contribution in [0.2, 0.25) is 0 Å². The number of nitrogens with zero attached hydrogens (tertiary/aromatic N) is 3. The number of rotatable bonds is 2. The summed E-state index contributed by atoms with van der Waals surface area (Å²) in [6.45, 7) is 5.60. The third kappa shape index (κ3) is 3.43. The SMILES string of the molecule is CN1CCN(C(=O)CC(=O)N2CCOCC2)CC1. The van der Waals surface area contributed by atoms with Gasteiger partial charge in [-0.3, -0.25) is 9.59 Å². The molecule has 2 rings (SSSR count). The standard InChI is InChI=1S/C12H21N3O3/c1-13-2-4-14(5-3-13)11(16)10-12(17)15-6-8-18-9-7-15/h2-10H2,1H3. The third-order valence-electron chi connectivity index (χ3n) is 3.52. The summed E-state index contributed by atoms with van der Waals surface area (Å²) < 4.78 is 5.19. The summed E-state index contributed by atoms with van der Waals surface area (Å²) in [5.74, 6) is -0.109. The van der Waals surface area contributed by atoms with Crippen molar-refractivity contribution in [1.29, 1.82) is 0 Å². The smallest absolute Gasteiger partial charge is 0.232 e. The maximum Gasteiger partial charge on any atom is 0.232 e. The van der Waals surface area contributed by atoms with Crippen LogP contribution in [0.25, 0.3) is 0 Å². The molecule has 0 N–H and O–H groups in total. The summed E-state index contributed by atoms with van der Waals surface area (Å²) in [6.07, 6.45) is 0.00368. The highest BCUT2D eigenvalue weighted by atomic mass is 16.5. The lowest BCUT2D eigenvalue weighted by molar-refractivity contribution is -0.143. The highest BCUT2D eigenvalue weighted by molar-refractivity contribution is 5.97. The maximum atomic E-state index is 12.0. The number of piperazine rings is 1. The molecule has 0 saturated carbocycles. The van der Waals surface area contributed by atoms with Gasteiger partial charge in [0.15, 0.2) is 0 Å². The van der Waals surface area contributed by atoms with E-state index in [2.05, 4.69) is 4.90 Å². The van der Waals surface area contributed by atoms with Crippen LogP contribution in [-0.4, -0.2) is 86.0 Å². The van der Waals surface area contributed by atoms with Gasteiger partial charge in [0, 0.05) is 39.3 Å². The molecule has 2 aliphatic rings. The number of hydrogen-bond donors (Lipinski definition) is 0. The molecule has 6 heteroatoms. The van der Waals surface area contributed by atoms with Gasteiger partial charge in [0.05, 0.1) is 13.2 Å². The second-order valence-electron chi connectivity index (χ2n) is 4.85. The van der Waals surface area contributed by atoms with Gasteiger partial charge in [-0.05, 0) is 7.05 Å². The van der Waals surface area contributed by atoms with Crippen LogP contribution in [0.1, 0.15) is 6.42 Å². The van der Waals surface area contributed by atoms with Crippen LogP contribution in [0, 0.1) is 0 Å². The summed E-state index contributed by atoms with van der Waals surface area (Å²) in [5.41, 5.74) is 0. The third-order valence-corrected chi connectivity index (χ3v) is 3.52. The molecule has 0 aromatic carbocycles. The molecule has 0 unspecified atom stereocenters. The van der Waals surface area contributed by atoms with E-state index in [1.165, 1.54) is 0 Å². The molecule has 0 aromatic rings. The Morgan fingerprint density at radius 1 is 0.889 bits per heavy atom. The monoisotopic (exact) mass is 255 g/mol. The Morgan fingerprint density at radius 2 is 1.39 bits per heavy atom. The van der Waals surface area contributed by atoms with Crippen LogP contribution in [0.4, 0.5) is 0 Å². The van der Waals surface area contributed by atoms with E-state index >= 15 is 0 Å². The second-order valence-corrected chi connectivity index (χ2v) is 4.85. The zero-order chi connectivity index (χ0) is 13.0. The molecule has 2 saturated heterocycles. The highest BCUT2D eigenvalue weighted by Crippen LogP contribution is 2.05. The van der Waals surface area contributed by atoms with Gasteiger partial charge >= 0.3 is 0 Å². The molecule has 6 nitrogen and oxygen atoms in total. The van der Waals surface area contributed by atoms with Crippen LogP contribution >= 0.6 is 0 Å². The van der Waals surface area contributed by atoms with Crippen LogP contribution in [0.15, 0.2) is 0 Å². The van der Waals surface area contributed by atoms with Gasteiger partial charge < -0.3 is 19.4 Å². The van der Waals surface area contributed by atoms with E-state index in [4.69, 9.17) is 4.74 Å². The van der Waals surface area contributed by atoms with Crippen molar-refractivity contribution >= 4 is 11.8 Å². The fraction of sp³-hybridized carbons (Fsp3) is 0.833. The van der Waals surface area contributed by atoms with Crippen molar-refractivity contribution < 1.29 is 14.3 Å². The Hall–Kier alpha value is -1.14. The Morgan fingerprint density at radius 3 is 1.94 bits per heavy atom. The topological polar surface area (TPSA) is 53.1 Å². The van der Waals surface area contributed by atoms with Gasteiger partial charge in [-0.25, -0.2) is 0 Å². The lowest BCUT2D eigenvalue weighted by Gasteiger charge is -2.33. The van der Waals surface area contributed by atoms with Crippen molar-refractivity contribution in [3.05, 3.63) is 0 Å². The van der Waals surface area contributed by atoms with E-state index in [0.717, 1.165) is 26.2 Å². The number of hydrogen-bond acceptors (Lipinski definition) is 4. The molecule has 2 aliphatic heterocycles. The van der Waals surface area contributed by atoms with Crippen LogP contribution < -0.4 is 0 Å². The summed E-state index contributed by atoms with van der Waals surface area (Å²) in [6, 6.07) is 0. The van der Waals surface area contributed by atoms with E-state index in [-0.39, 0.29) is 18.2 Å². The summed E-state index contributed by atoms with van der Waals surface area (Å²) >= 11 is 0. The average molecular weight is 255 g/mol. The molecular formula is C12H21N3O3. The predicted molar refractivity (Wildman–Crippen MR) is 66.1 cm³/mol. The average Bonchev–Trinajstić information content (AvgIpc) is 2.40. The molecule has 2 heterocycles. The van der Waals surface area contributed by atoms with Gasteiger partial charge in [0.25, 0.3) is 0 Å². The van der Waals surface area contributed by atoms with Crippen molar-refractivity contribution in [1.82, 2.24) is 14.7 Å². The van der Waals surface area contributed by atoms with E-state index in [1.54, 1.807) is 9.80 Å². The van der Waals surface area contributed by atoms with Crippen molar-refractivity contribution in [3.63, 3.8) is 0 Å². The number of likely N-dealkylation sites (N-methyl/N-ethyl adjacent to an activating group) is 1. The van der Waals surface area contributed by atoms with E-state index < -0.39 is 0 Å². The highest BCUT2D eigenvalue weighted by Gasteiger charge is 2.24. The van der Waals surface area contributed by atoms with Gasteiger partial charge in [0.2, 0.25) is 11.8 Å². The first-order chi connectivity index (χ1) is 8.66. The van der Waals surface area contributed by atoms with E-state index in [9.17, 15) is 9.59 Å². The van der Waals surface area contributed by atoms with Crippen molar-refractivity contribution in [2.45, 2.75) is 6.42 Å². The van der Waals surface area contributed by atoms with Gasteiger partial charge in [-0.1, -0.05) is 0 Å². The number of amides is 2. The zero-order valence-corrected chi connectivity index (χ0v) is 10.9. The van der Waals surface area contributed by atoms with E-state index in [0.29, 0.717) is 26.3 Å². The Bertz CT molecular complexity index is 308. The number of morpholine rings is 1. The van der Waals surface area contributed by atoms with Crippen LogP contribution in [-0.2, 0) is 14.3 Å². The van der Waals surface area contributed by atoms with Gasteiger partial charge in [-0.2, -0.15) is 0 Å². The minimum Gasteiger partial charge on any atom is -0.378 e. The first kappa shape index (κ1) is 13.3. The molecule has 2 amide bonds. The molecule has 18 heavy (non-hydrogen) atoms. The van der Waals surface area contributed by atoms with Gasteiger partial charge in [-0.15, -0.1) is 0 Å². The molecule has 0 aromatic heterocycles. The number of ether oxygens (including phenoxy) is 1. The minimum atomic E-state index is -0.0674. The fourth-order valence-corrected chi connectivity index (χ4v) is 2.22. The molecule has 0 aliphatic carbocycles. The number of carbonyl (C=O) groups is 2. The Kier molecular flexibility index (Phi) is 4.54. The minimum absolute atomic E-state index is 0.00368. The zero-order valence-electron chi connectivity index (χ0n) is 10.9. The first-order valence-electron chi connectivity index (χ1n) is 6.48. The molecule has 0 bridgehead atoms. The fourth-order valence-electron chi connectivity index (χ4n) is 2.22. The van der Waals surface area contributed by atoms with Crippen molar-refractivity contribution in [2.24, 2.45) is 0 Å². The van der Waals surface area contributed by atoms with Crippen molar-refractivity contribution in [3.8, 4) is 0 Å². The molecule has 0 spiro atoms. The first-order valence-corrected chi connectivity index (χ1v) is 6.48. The normalized spacial score (nSPS) is 22.1. The Balaban J connectivity index is 1.77. The lowest BCUT2D eigenvalue weighted by Crippen LogP contribution is -2.49. The molecule has 0 radical (unpaired) electrons. The van der Waals surface area contributed by atoms with Gasteiger partial charge in [0.1, 0.15) is 6.42 Å². The summed E-state index contributed by atoms with van der Waals surface area (Å²) in [4.78, 5) is 29.6. The Labute approximate surface area is 107 Å². The second kappa shape index (κ2) is 6.15. The molecule has 2 fully saturated rings. The molecule has 102 valence electrons. The maximum absolute atomic E-state index is 12.0. The molecular weight excluding hydrogens is 234 g/mol. The van der Waals surface area contributed by atoms with Crippen molar-refractivity contribution in [2.75, 3.05) is 59.5 Å². The quantitative estimate of drug-likeness (QED) is 0.595. The van der Waals surface area contributed by atoms with Crippen LogP contribution in [0.5, 0.6) is 0 Å². The summed E-state index contributed by atoms with van der Waals surface area (Å²) in [5, 5.41) is 0. The summed E-state index contributed by atoms with van der Waals surface area (Å²) in [7, 11) is 2.04. The molecule has 0 atom stereocenters. The largest absolute Gasteiger partial charge is 0.378 e. The predicted octanol–water partition coefficient (Wildman–Crippen LogP) is -0.991.